The quantitative estimate of drug-likeness (QED) is 0.479. The lowest BCUT2D eigenvalue weighted by atomic mass is 10.1. The van der Waals surface area contributed by atoms with Crippen LogP contribution in [0.3, 0.4) is 0 Å². The largest absolute Gasteiger partial charge is 0.481 e. The molecule has 1 aromatic heterocycles. The van der Waals surface area contributed by atoms with Crippen LogP contribution in [0.5, 0.6) is 5.88 Å². The Labute approximate surface area is 180 Å². The van der Waals surface area contributed by atoms with Crippen molar-refractivity contribution in [1.82, 2.24) is 15.3 Å². The van der Waals surface area contributed by atoms with Crippen LogP contribution in [0.15, 0.2) is 65.8 Å². The molecule has 0 aliphatic heterocycles. The van der Waals surface area contributed by atoms with Crippen molar-refractivity contribution < 1.29 is 13.2 Å². The maximum Gasteiger partial charge on any atom is 0.263 e. The lowest BCUT2D eigenvalue weighted by molar-refractivity contribution is 0.397. The van der Waals surface area contributed by atoms with Crippen LogP contribution in [0.4, 0.5) is 11.5 Å². The summed E-state index contributed by atoms with van der Waals surface area (Å²) >= 11 is 5.30. The zero-order chi connectivity index (χ0) is 21.6. The van der Waals surface area contributed by atoms with Crippen LogP contribution in [0, 0.1) is 6.92 Å². The van der Waals surface area contributed by atoms with E-state index in [4.69, 9.17) is 17.0 Å². The number of sulfonamides is 1. The normalized spacial score (nSPS) is 10.9. The Morgan fingerprint density at radius 3 is 2.43 bits per heavy atom. The summed E-state index contributed by atoms with van der Waals surface area (Å²) in [6.07, 6.45) is 1.22. The molecule has 0 radical (unpaired) electrons. The zero-order valence-corrected chi connectivity index (χ0v) is 18.0. The molecule has 0 fully saturated rings. The number of hydrogen-bond acceptors (Lipinski definition) is 6. The summed E-state index contributed by atoms with van der Waals surface area (Å²) in [7, 11) is -2.37. The lowest BCUT2D eigenvalue weighted by Crippen LogP contribution is -2.27. The fourth-order valence-corrected chi connectivity index (χ4v) is 3.67. The van der Waals surface area contributed by atoms with E-state index in [1.54, 1.807) is 12.1 Å². The molecular formula is C20H21N5O3S2. The predicted molar refractivity (Wildman–Crippen MR) is 120 cm³/mol. The number of aryl methyl sites for hydroxylation is 1. The van der Waals surface area contributed by atoms with Gasteiger partial charge in [-0.05, 0) is 49.0 Å². The molecule has 3 rings (SSSR count). The molecule has 0 bridgehead atoms. The first kappa shape index (κ1) is 21.5. The van der Waals surface area contributed by atoms with Gasteiger partial charge in [0.05, 0.1) is 12.0 Å². The maximum atomic E-state index is 12.5. The van der Waals surface area contributed by atoms with Gasteiger partial charge < -0.3 is 15.4 Å². The lowest BCUT2D eigenvalue weighted by Gasteiger charge is -2.12. The second-order valence-electron chi connectivity index (χ2n) is 6.37. The number of benzene rings is 2. The smallest absolute Gasteiger partial charge is 0.263 e. The molecule has 1 heterocycles. The van der Waals surface area contributed by atoms with Crippen LogP contribution in [0.2, 0.25) is 0 Å². The van der Waals surface area contributed by atoms with Crippen LogP contribution in [0.25, 0.3) is 0 Å². The average molecular weight is 444 g/mol. The first-order valence-corrected chi connectivity index (χ1v) is 10.8. The Morgan fingerprint density at radius 1 is 1.07 bits per heavy atom. The van der Waals surface area contributed by atoms with E-state index in [9.17, 15) is 8.42 Å². The standard InChI is InChI=1S/C20H21N5O3S2/c1-14-3-5-15(6-4-14)12-21-20(29)24-16-7-9-17(10-8-16)30(26,27)25-18-11-19(28-2)23-13-22-18/h3-11,13H,12H2,1-2H3,(H2,21,24,29)(H,22,23,25). The maximum absolute atomic E-state index is 12.5. The van der Waals surface area contributed by atoms with E-state index in [0.717, 1.165) is 5.56 Å². The molecule has 0 saturated heterocycles. The number of thiocarbonyl (C=S) groups is 1. The summed E-state index contributed by atoms with van der Waals surface area (Å²) in [6, 6.07) is 15.8. The Bertz CT molecular complexity index is 1120. The number of nitrogens with zero attached hydrogens (tertiary/aromatic N) is 2. The second-order valence-corrected chi connectivity index (χ2v) is 8.46. The molecule has 8 nitrogen and oxygen atoms in total. The van der Waals surface area contributed by atoms with Crippen molar-refractivity contribution in [2.45, 2.75) is 18.4 Å². The third kappa shape index (κ3) is 5.88. The molecule has 0 aliphatic rings. The van der Waals surface area contributed by atoms with E-state index in [1.807, 2.05) is 31.2 Å². The van der Waals surface area contributed by atoms with E-state index in [0.29, 0.717) is 17.3 Å². The molecule has 2 aromatic carbocycles. The first-order chi connectivity index (χ1) is 14.4. The third-order valence-corrected chi connectivity index (χ3v) is 5.70. The molecule has 0 atom stereocenters. The van der Waals surface area contributed by atoms with Gasteiger partial charge in [-0.15, -0.1) is 0 Å². The van der Waals surface area contributed by atoms with E-state index < -0.39 is 10.0 Å². The Kier molecular flexibility index (Phi) is 6.80. The second kappa shape index (κ2) is 9.51. The molecule has 3 aromatic rings. The molecule has 30 heavy (non-hydrogen) atoms. The van der Waals surface area contributed by atoms with Crippen LogP contribution < -0.4 is 20.1 Å². The summed E-state index contributed by atoms with van der Waals surface area (Å²) in [6.45, 7) is 2.62. The molecule has 10 heteroatoms. The third-order valence-electron chi connectivity index (χ3n) is 4.09. The highest BCUT2D eigenvalue weighted by Crippen LogP contribution is 2.18. The highest BCUT2D eigenvalue weighted by atomic mass is 32.2. The summed E-state index contributed by atoms with van der Waals surface area (Å²) in [4.78, 5) is 7.82. The number of rotatable bonds is 7. The molecule has 0 unspecified atom stereocenters. The fraction of sp³-hybridized carbons (Fsp3) is 0.150. The van der Waals surface area contributed by atoms with E-state index in [-0.39, 0.29) is 16.6 Å². The number of hydrogen-bond donors (Lipinski definition) is 3. The zero-order valence-electron chi connectivity index (χ0n) is 16.4. The van der Waals surface area contributed by atoms with Gasteiger partial charge in [0.15, 0.2) is 5.11 Å². The summed E-state index contributed by atoms with van der Waals surface area (Å²) in [5.74, 6) is 0.374. The molecule has 156 valence electrons. The minimum Gasteiger partial charge on any atom is -0.481 e. The highest BCUT2D eigenvalue weighted by molar-refractivity contribution is 7.92. The average Bonchev–Trinajstić information content (AvgIpc) is 2.73. The van der Waals surface area contributed by atoms with E-state index >= 15 is 0 Å². The molecule has 0 aliphatic carbocycles. The topological polar surface area (TPSA) is 105 Å². The fourth-order valence-electron chi connectivity index (χ4n) is 2.48. The van der Waals surface area contributed by atoms with Gasteiger partial charge in [0.2, 0.25) is 5.88 Å². The van der Waals surface area contributed by atoms with Gasteiger partial charge in [0.1, 0.15) is 12.1 Å². The minimum atomic E-state index is -3.81. The molecule has 3 N–H and O–H groups in total. The van der Waals surface area contributed by atoms with Gasteiger partial charge in [-0.3, -0.25) is 4.72 Å². The molecule has 0 saturated carbocycles. The Hall–Kier alpha value is -3.24. The first-order valence-electron chi connectivity index (χ1n) is 8.95. The van der Waals surface area contributed by atoms with Crippen LogP contribution in [0.1, 0.15) is 11.1 Å². The van der Waals surface area contributed by atoms with Gasteiger partial charge in [0.25, 0.3) is 10.0 Å². The number of nitrogens with one attached hydrogen (secondary N) is 3. The van der Waals surface area contributed by atoms with E-state index in [1.165, 1.54) is 37.2 Å². The number of methoxy groups -OCH3 is 1. The van der Waals surface area contributed by atoms with Crippen molar-refractivity contribution in [3.05, 3.63) is 72.1 Å². The Morgan fingerprint density at radius 2 is 1.77 bits per heavy atom. The van der Waals surface area contributed by atoms with Crippen LogP contribution in [-0.4, -0.2) is 30.6 Å². The number of anilines is 2. The van der Waals surface area contributed by atoms with Crippen molar-refractivity contribution >= 4 is 38.9 Å². The van der Waals surface area contributed by atoms with Gasteiger partial charge in [-0.1, -0.05) is 29.8 Å². The molecule has 0 amide bonds. The summed E-state index contributed by atoms with van der Waals surface area (Å²) in [5, 5.41) is 6.60. The van der Waals surface area contributed by atoms with Crippen molar-refractivity contribution in [3.63, 3.8) is 0 Å². The SMILES string of the molecule is COc1cc(NS(=O)(=O)c2ccc(NC(=S)NCc3ccc(C)cc3)cc2)ncn1. The van der Waals surface area contributed by atoms with Crippen molar-refractivity contribution in [1.29, 1.82) is 0 Å². The van der Waals surface area contributed by atoms with Gasteiger partial charge in [-0.25, -0.2) is 18.4 Å². The van der Waals surface area contributed by atoms with Gasteiger partial charge in [-0.2, -0.15) is 0 Å². The number of ether oxygens (including phenoxy) is 1. The van der Waals surface area contributed by atoms with Crippen molar-refractivity contribution in [2.24, 2.45) is 0 Å². The monoisotopic (exact) mass is 443 g/mol. The highest BCUT2D eigenvalue weighted by Gasteiger charge is 2.15. The number of aromatic nitrogens is 2. The van der Waals surface area contributed by atoms with Crippen molar-refractivity contribution in [3.8, 4) is 5.88 Å². The summed E-state index contributed by atoms with van der Waals surface area (Å²) < 4.78 is 32.5. The van der Waals surface area contributed by atoms with Crippen LogP contribution in [-0.2, 0) is 16.6 Å². The molecule has 0 spiro atoms. The van der Waals surface area contributed by atoms with Crippen molar-refractivity contribution in [2.75, 3.05) is 17.1 Å². The summed E-state index contributed by atoms with van der Waals surface area (Å²) in [5.41, 5.74) is 2.97. The van der Waals surface area contributed by atoms with Gasteiger partial charge in [0, 0.05) is 18.3 Å². The van der Waals surface area contributed by atoms with E-state index in [2.05, 4.69) is 25.3 Å². The van der Waals surface area contributed by atoms with Gasteiger partial charge >= 0.3 is 0 Å². The predicted octanol–water partition coefficient (Wildman–Crippen LogP) is 3.08. The minimum absolute atomic E-state index is 0.0872. The molecular weight excluding hydrogens is 422 g/mol. The Balaban J connectivity index is 1.59. The van der Waals surface area contributed by atoms with Crippen LogP contribution >= 0.6 is 12.2 Å².